The van der Waals surface area contributed by atoms with Gasteiger partial charge in [0, 0.05) is 6.26 Å². The van der Waals surface area contributed by atoms with Gasteiger partial charge in [-0.15, -0.1) is 0 Å². The first kappa shape index (κ1) is 15.4. The lowest BCUT2D eigenvalue weighted by Gasteiger charge is -2.31. The number of hydrogen-bond donors (Lipinski definition) is 1. The number of rotatable bonds is 3. The van der Waals surface area contributed by atoms with E-state index in [1.807, 2.05) is 0 Å². The lowest BCUT2D eigenvalue weighted by molar-refractivity contribution is 0.0856. The number of sulfone groups is 1. The van der Waals surface area contributed by atoms with Crippen LogP contribution in [0.15, 0.2) is 18.2 Å². The zero-order chi connectivity index (χ0) is 14.9. The summed E-state index contributed by atoms with van der Waals surface area (Å²) in [6, 6.07) is 4.58. The van der Waals surface area contributed by atoms with E-state index < -0.39 is 15.9 Å². The molecule has 0 aromatic heterocycles. The molecule has 3 atom stereocenters. The number of hydrogen-bond acceptors (Lipinski definition) is 3. The van der Waals surface area contributed by atoms with Crippen molar-refractivity contribution in [2.24, 2.45) is 5.92 Å². The Kier molecular flexibility index (Phi) is 4.49. The Morgan fingerprint density at radius 3 is 2.65 bits per heavy atom. The van der Waals surface area contributed by atoms with E-state index in [-0.39, 0.29) is 17.0 Å². The third-order valence-corrected chi connectivity index (χ3v) is 5.88. The highest BCUT2D eigenvalue weighted by Gasteiger charge is 2.33. The minimum atomic E-state index is -3.06. The van der Waals surface area contributed by atoms with Gasteiger partial charge in [-0.3, -0.25) is 0 Å². The van der Waals surface area contributed by atoms with Gasteiger partial charge in [-0.05, 0) is 49.3 Å². The summed E-state index contributed by atoms with van der Waals surface area (Å²) in [5, 5.41) is 10.1. The molecule has 1 aliphatic carbocycles. The zero-order valence-corrected chi connectivity index (χ0v) is 12.7. The summed E-state index contributed by atoms with van der Waals surface area (Å²) in [5.74, 6) is -0.369. The van der Waals surface area contributed by atoms with E-state index in [1.54, 1.807) is 19.1 Å². The van der Waals surface area contributed by atoms with Crippen molar-refractivity contribution >= 4 is 9.84 Å². The van der Waals surface area contributed by atoms with Crippen molar-refractivity contribution in [3.05, 3.63) is 35.1 Å². The van der Waals surface area contributed by atoms with Gasteiger partial charge >= 0.3 is 0 Å². The van der Waals surface area contributed by atoms with Crippen LogP contribution in [0.5, 0.6) is 0 Å². The number of benzene rings is 1. The zero-order valence-electron chi connectivity index (χ0n) is 11.8. The maximum absolute atomic E-state index is 13.3. The molecule has 0 bridgehead atoms. The summed E-state index contributed by atoms with van der Waals surface area (Å²) in [4.78, 5) is 0. The Morgan fingerprint density at radius 1 is 1.35 bits per heavy atom. The molecule has 112 valence electrons. The Balaban J connectivity index is 2.16. The minimum Gasteiger partial charge on any atom is -0.388 e. The molecule has 1 N–H and O–H groups in total. The molecule has 5 heteroatoms. The van der Waals surface area contributed by atoms with E-state index >= 15 is 0 Å². The van der Waals surface area contributed by atoms with Crippen LogP contribution in [0.2, 0.25) is 0 Å². The molecular formula is C15H21FO3S. The smallest absolute Gasteiger partial charge is 0.150 e. The fourth-order valence-corrected chi connectivity index (χ4v) is 4.17. The normalized spacial score (nSPS) is 25.4. The number of aliphatic hydroxyl groups is 1. The molecule has 0 saturated heterocycles. The molecule has 0 radical (unpaired) electrons. The van der Waals surface area contributed by atoms with E-state index in [4.69, 9.17) is 0 Å². The van der Waals surface area contributed by atoms with Crippen LogP contribution >= 0.6 is 0 Å². The maximum atomic E-state index is 13.3. The third kappa shape index (κ3) is 3.38. The van der Waals surface area contributed by atoms with E-state index in [1.165, 1.54) is 12.3 Å². The molecule has 1 fully saturated rings. The second kappa shape index (κ2) is 5.82. The van der Waals surface area contributed by atoms with Crippen molar-refractivity contribution in [3.63, 3.8) is 0 Å². The average Bonchev–Trinajstić information content (AvgIpc) is 2.40. The second-order valence-electron chi connectivity index (χ2n) is 5.83. The van der Waals surface area contributed by atoms with Gasteiger partial charge in [0.15, 0.2) is 0 Å². The minimum absolute atomic E-state index is 0.0756. The van der Waals surface area contributed by atoms with Crippen LogP contribution in [0, 0.1) is 18.7 Å². The van der Waals surface area contributed by atoms with Crippen LogP contribution in [0.4, 0.5) is 4.39 Å². The molecule has 0 spiro atoms. The molecule has 3 unspecified atom stereocenters. The quantitative estimate of drug-likeness (QED) is 0.934. The summed E-state index contributed by atoms with van der Waals surface area (Å²) >= 11 is 0. The summed E-state index contributed by atoms with van der Waals surface area (Å²) < 4.78 is 36.6. The van der Waals surface area contributed by atoms with Gasteiger partial charge in [0.1, 0.15) is 15.7 Å². The SMILES string of the molecule is Cc1cc(C(O)C2CCCC(S(C)(=O)=O)C2)ccc1F. The van der Waals surface area contributed by atoms with E-state index in [9.17, 15) is 17.9 Å². The first-order chi connectivity index (χ1) is 9.29. The molecular weight excluding hydrogens is 279 g/mol. The van der Waals surface area contributed by atoms with Gasteiger partial charge < -0.3 is 5.11 Å². The monoisotopic (exact) mass is 300 g/mol. The van der Waals surface area contributed by atoms with Crippen LogP contribution < -0.4 is 0 Å². The fourth-order valence-electron chi connectivity index (χ4n) is 2.98. The first-order valence-electron chi connectivity index (χ1n) is 6.92. The third-order valence-electron chi connectivity index (χ3n) is 4.24. The average molecular weight is 300 g/mol. The largest absolute Gasteiger partial charge is 0.388 e. The van der Waals surface area contributed by atoms with Crippen LogP contribution in [-0.4, -0.2) is 25.0 Å². The first-order valence-corrected chi connectivity index (χ1v) is 8.87. The van der Waals surface area contributed by atoms with Gasteiger partial charge in [0.2, 0.25) is 0 Å². The second-order valence-corrected chi connectivity index (χ2v) is 8.16. The van der Waals surface area contributed by atoms with Crippen molar-refractivity contribution in [2.75, 3.05) is 6.26 Å². The molecule has 1 aliphatic rings. The fraction of sp³-hybridized carbons (Fsp3) is 0.600. The molecule has 3 nitrogen and oxygen atoms in total. The summed E-state index contributed by atoms with van der Waals surface area (Å²) in [5.41, 5.74) is 1.17. The Morgan fingerprint density at radius 2 is 2.05 bits per heavy atom. The molecule has 0 aliphatic heterocycles. The highest BCUT2D eigenvalue weighted by molar-refractivity contribution is 7.91. The predicted octanol–water partition coefficient (Wildman–Crippen LogP) is 2.77. The summed E-state index contributed by atoms with van der Waals surface area (Å²) in [6.45, 7) is 1.66. The van der Waals surface area contributed by atoms with Crippen molar-refractivity contribution in [1.29, 1.82) is 0 Å². The van der Waals surface area contributed by atoms with Gasteiger partial charge in [-0.25, -0.2) is 12.8 Å². The van der Waals surface area contributed by atoms with Crippen molar-refractivity contribution in [1.82, 2.24) is 0 Å². The Hall–Kier alpha value is -0.940. The Bertz CT molecular complexity index is 583. The number of aliphatic hydroxyl groups excluding tert-OH is 1. The van der Waals surface area contributed by atoms with Gasteiger partial charge in [0.05, 0.1) is 11.4 Å². The van der Waals surface area contributed by atoms with Gasteiger partial charge in [0.25, 0.3) is 0 Å². The van der Waals surface area contributed by atoms with Crippen LogP contribution in [0.1, 0.15) is 42.9 Å². The number of halogens is 1. The van der Waals surface area contributed by atoms with E-state index in [2.05, 4.69) is 0 Å². The van der Waals surface area contributed by atoms with E-state index in [0.717, 1.165) is 12.8 Å². The topological polar surface area (TPSA) is 54.4 Å². The Labute approximate surface area is 119 Å². The molecule has 2 rings (SSSR count). The van der Waals surface area contributed by atoms with Crippen LogP contribution in [-0.2, 0) is 9.84 Å². The lowest BCUT2D eigenvalue weighted by atomic mass is 9.82. The van der Waals surface area contributed by atoms with Gasteiger partial charge in [-0.2, -0.15) is 0 Å². The van der Waals surface area contributed by atoms with Crippen LogP contribution in [0.3, 0.4) is 0 Å². The molecule has 0 heterocycles. The van der Waals surface area contributed by atoms with E-state index in [0.29, 0.717) is 24.0 Å². The van der Waals surface area contributed by atoms with Crippen molar-refractivity contribution in [3.8, 4) is 0 Å². The highest BCUT2D eigenvalue weighted by atomic mass is 32.2. The molecule has 1 saturated carbocycles. The lowest BCUT2D eigenvalue weighted by Crippen LogP contribution is -2.30. The predicted molar refractivity (Wildman–Crippen MR) is 76.7 cm³/mol. The standard InChI is InChI=1S/C15H21FO3S/c1-10-8-12(6-7-14(10)16)15(17)11-4-3-5-13(9-11)20(2,18)19/h6-8,11,13,15,17H,3-5,9H2,1-2H3. The molecule has 0 amide bonds. The number of aryl methyl sites for hydroxylation is 1. The summed E-state index contributed by atoms with van der Waals surface area (Å²) in [6.07, 6.45) is 3.30. The maximum Gasteiger partial charge on any atom is 0.150 e. The summed E-state index contributed by atoms with van der Waals surface area (Å²) in [7, 11) is -3.06. The van der Waals surface area contributed by atoms with Crippen LogP contribution in [0.25, 0.3) is 0 Å². The van der Waals surface area contributed by atoms with Crippen molar-refractivity contribution in [2.45, 2.75) is 44.0 Å². The molecule has 1 aromatic rings. The highest BCUT2D eigenvalue weighted by Crippen LogP contribution is 2.37. The van der Waals surface area contributed by atoms with Gasteiger partial charge in [-0.1, -0.05) is 18.6 Å². The molecule has 20 heavy (non-hydrogen) atoms. The van der Waals surface area contributed by atoms with Crippen molar-refractivity contribution < 1.29 is 17.9 Å². The molecule has 1 aromatic carbocycles.